The summed E-state index contributed by atoms with van der Waals surface area (Å²) in [4.78, 5) is 19.5. The summed E-state index contributed by atoms with van der Waals surface area (Å²) in [5.74, 6) is 0.881. The normalized spacial score (nSPS) is 14.0. The van der Waals surface area contributed by atoms with Gasteiger partial charge in [0.05, 0.1) is 19.8 Å². The predicted octanol–water partition coefficient (Wildman–Crippen LogP) is 3.59. The summed E-state index contributed by atoms with van der Waals surface area (Å²) in [6, 6.07) is 11.9. The van der Waals surface area contributed by atoms with Crippen LogP contribution in [0.25, 0.3) is 0 Å². The number of hydrogen-bond donors (Lipinski definition) is 0. The first-order valence-corrected chi connectivity index (χ1v) is 10.3. The standard InChI is InChI=1S/C22H29N5O4/c1-17-5-4-6-18(13-17)16-23-25-20-14-19(27-7-9-29-10-8-27)15-21(24-20)30-11-12-31-22(28)26(2)3/h4-6,13-15H,7-12,16H2,1-3H3. The monoisotopic (exact) mass is 427 g/mol. The van der Waals surface area contributed by atoms with E-state index in [1.165, 1.54) is 10.5 Å². The Morgan fingerprint density at radius 3 is 2.74 bits per heavy atom. The van der Waals surface area contributed by atoms with E-state index in [-0.39, 0.29) is 13.2 Å². The number of carbonyl (C=O) groups is 1. The Labute approximate surface area is 182 Å². The molecule has 1 aromatic carbocycles. The molecule has 0 unspecified atom stereocenters. The molecule has 166 valence electrons. The molecule has 1 amide bonds. The molecule has 0 aliphatic carbocycles. The molecule has 3 rings (SSSR count). The minimum absolute atomic E-state index is 0.130. The fourth-order valence-corrected chi connectivity index (χ4v) is 3.01. The summed E-state index contributed by atoms with van der Waals surface area (Å²) in [5.41, 5.74) is 3.22. The van der Waals surface area contributed by atoms with Crippen LogP contribution in [0.1, 0.15) is 11.1 Å². The largest absolute Gasteiger partial charge is 0.474 e. The van der Waals surface area contributed by atoms with Gasteiger partial charge in [-0.3, -0.25) is 0 Å². The maximum atomic E-state index is 11.5. The lowest BCUT2D eigenvalue weighted by atomic mass is 10.1. The zero-order valence-corrected chi connectivity index (χ0v) is 18.3. The third-order valence-corrected chi connectivity index (χ3v) is 4.58. The molecule has 0 atom stereocenters. The fraction of sp³-hybridized carbons (Fsp3) is 0.455. The Morgan fingerprint density at radius 2 is 2.00 bits per heavy atom. The van der Waals surface area contributed by atoms with Gasteiger partial charge in [0, 0.05) is 45.0 Å². The van der Waals surface area contributed by atoms with Gasteiger partial charge in [0.1, 0.15) is 13.2 Å². The number of benzene rings is 1. The lowest BCUT2D eigenvalue weighted by molar-refractivity contribution is 0.101. The summed E-state index contributed by atoms with van der Waals surface area (Å²) >= 11 is 0. The van der Waals surface area contributed by atoms with E-state index < -0.39 is 6.09 Å². The maximum absolute atomic E-state index is 11.5. The molecule has 0 spiro atoms. The van der Waals surface area contributed by atoms with Gasteiger partial charge in [0.25, 0.3) is 0 Å². The molecular formula is C22H29N5O4. The van der Waals surface area contributed by atoms with Gasteiger partial charge in [-0.15, -0.1) is 5.11 Å². The van der Waals surface area contributed by atoms with Gasteiger partial charge in [0.2, 0.25) is 5.88 Å². The van der Waals surface area contributed by atoms with Crippen molar-refractivity contribution >= 4 is 17.6 Å². The van der Waals surface area contributed by atoms with Gasteiger partial charge < -0.3 is 24.0 Å². The van der Waals surface area contributed by atoms with Crippen LogP contribution >= 0.6 is 0 Å². The smallest absolute Gasteiger partial charge is 0.409 e. The summed E-state index contributed by atoms with van der Waals surface area (Å²) in [7, 11) is 3.26. The van der Waals surface area contributed by atoms with Crippen LogP contribution in [0.5, 0.6) is 5.88 Å². The molecule has 31 heavy (non-hydrogen) atoms. The Balaban J connectivity index is 1.68. The van der Waals surface area contributed by atoms with Crippen LogP contribution in [0.4, 0.5) is 16.3 Å². The Hall–Kier alpha value is -3.20. The van der Waals surface area contributed by atoms with Crippen LogP contribution < -0.4 is 9.64 Å². The zero-order valence-electron chi connectivity index (χ0n) is 18.3. The first kappa shape index (κ1) is 22.5. The van der Waals surface area contributed by atoms with Gasteiger partial charge >= 0.3 is 6.09 Å². The number of hydrogen-bond acceptors (Lipinski definition) is 8. The van der Waals surface area contributed by atoms with E-state index in [1.54, 1.807) is 14.1 Å². The Morgan fingerprint density at radius 1 is 1.19 bits per heavy atom. The van der Waals surface area contributed by atoms with E-state index in [0.29, 0.717) is 31.5 Å². The summed E-state index contributed by atoms with van der Waals surface area (Å²) in [6.45, 7) is 5.75. The van der Waals surface area contributed by atoms with Gasteiger partial charge in [-0.05, 0) is 12.5 Å². The molecule has 2 heterocycles. The lowest BCUT2D eigenvalue weighted by Crippen LogP contribution is -2.36. The number of amides is 1. The third kappa shape index (κ3) is 7.21. The van der Waals surface area contributed by atoms with E-state index in [1.807, 2.05) is 37.3 Å². The highest BCUT2D eigenvalue weighted by Crippen LogP contribution is 2.26. The van der Waals surface area contributed by atoms with E-state index in [0.717, 1.165) is 24.3 Å². The Bertz CT molecular complexity index is 897. The quantitative estimate of drug-likeness (QED) is 0.473. The van der Waals surface area contributed by atoms with Crippen molar-refractivity contribution in [3.05, 3.63) is 47.5 Å². The van der Waals surface area contributed by atoms with Crippen molar-refractivity contribution in [2.24, 2.45) is 10.2 Å². The van der Waals surface area contributed by atoms with E-state index in [4.69, 9.17) is 14.2 Å². The summed E-state index contributed by atoms with van der Waals surface area (Å²) in [5, 5.41) is 8.62. The maximum Gasteiger partial charge on any atom is 0.409 e. The predicted molar refractivity (Wildman–Crippen MR) is 117 cm³/mol. The molecule has 0 bridgehead atoms. The topological polar surface area (TPSA) is 88.8 Å². The number of morpholine rings is 1. The average Bonchev–Trinajstić information content (AvgIpc) is 2.77. The first-order valence-electron chi connectivity index (χ1n) is 10.3. The summed E-state index contributed by atoms with van der Waals surface area (Å²) in [6.07, 6.45) is -0.413. The SMILES string of the molecule is Cc1cccc(CN=Nc2cc(N3CCOCC3)cc(OCCOC(=O)N(C)C)n2)c1. The molecule has 0 radical (unpaired) electrons. The van der Waals surface area contributed by atoms with Crippen molar-refractivity contribution in [2.75, 3.05) is 58.5 Å². The van der Waals surface area contributed by atoms with Crippen molar-refractivity contribution < 1.29 is 19.0 Å². The van der Waals surface area contributed by atoms with Crippen molar-refractivity contribution in [1.82, 2.24) is 9.88 Å². The van der Waals surface area contributed by atoms with Crippen LogP contribution in [0, 0.1) is 6.92 Å². The number of pyridine rings is 1. The van der Waals surface area contributed by atoms with Crippen LogP contribution in [0.2, 0.25) is 0 Å². The molecule has 1 fully saturated rings. The minimum Gasteiger partial charge on any atom is -0.474 e. The van der Waals surface area contributed by atoms with Crippen molar-refractivity contribution in [3.8, 4) is 5.88 Å². The van der Waals surface area contributed by atoms with Crippen LogP contribution in [-0.4, -0.2) is 69.6 Å². The highest BCUT2D eigenvalue weighted by molar-refractivity contribution is 5.66. The van der Waals surface area contributed by atoms with Crippen LogP contribution in [0.3, 0.4) is 0 Å². The molecule has 2 aromatic rings. The molecule has 1 aromatic heterocycles. The molecule has 1 aliphatic rings. The molecular weight excluding hydrogens is 398 g/mol. The number of ether oxygens (including phenoxy) is 3. The molecule has 1 aliphatic heterocycles. The molecule has 9 heteroatoms. The number of rotatable bonds is 8. The molecule has 9 nitrogen and oxygen atoms in total. The zero-order chi connectivity index (χ0) is 22.1. The second kappa shape index (κ2) is 11.3. The second-order valence-electron chi connectivity index (χ2n) is 7.37. The number of azo groups is 1. The highest BCUT2D eigenvalue weighted by Gasteiger charge is 2.14. The number of anilines is 1. The first-order chi connectivity index (χ1) is 15.0. The highest BCUT2D eigenvalue weighted by atomic mass is 16.6. The molecule has 1 saturated heterocycles. The van der Waals surface area contributed by atoms with Crippen molar-refractivity contribution in [1.29, 1.82) is 0 Å². The van der Waals surface area contributed by atoms with Crippen LogP contribution in [-0.2, 0) is 16.0 Å². The number of aryl methyl sites for hydroxylation is 1. The average molecular weight is 428 g/mol. The van der Waals surface area contributed by atoms with E-state index in [2.05, 4.69) is 26.2 Å². The fourth-order valence-electron chi connectivity index (χ4n) is 3.01. The number of nitrogens with zero attached hydrogens (tertiary/aromatic N) is 5. The van der Waals surface area contributed by atoms with Crippen molar-refractivity contribution in [2.45, 2.75) is 13.5 Å². The minimum atomic E-state index is -0.413. The van der Waals surface area contributed by atoms with E-state index in [9.17, 15) is 4.79 Å². The van der Waals surface area contributed by atoms with Crippen molar-refractivity contribution in [3.63, 3.8) is 0 Å². The second-order valence-corrected chi connectivity index (χ2v) is 7.37. The number of aromatic nitrogens is 1. The van der Waals surface area contributed by atoms with E-state index >= 15 is 0 Å². The number of carbonyl (C=O) groups excluding carboxylic acids is 1. The Kier molecular flexibility index (Phi) is 8.17. The molecule has 0 N–H and O–H groups in total. The summed E-state index contributed by atoms with van der Waals surface area (Å²) < 4.78 is 16.3. The van der Waals surface area contributed by atoms with Gasteiger partial charge in [-0.1, -0.05) is 29.8 Å². The molecule has 0 saturated carbocycles. The van der Waals surface area contributed by atoms with Gasteiger partial charge in [-0.2, -0.15) is 10.1 Å². The van der Waals surface area contributed by atoms with Gasteiger partial charge in [-0.25, -0.2) is 4.79 Å². The van der Waals surface area contributed by atoms with Crippen LogP contribution in [0.15, 0.2) is 46.6 Å². The van der Waals surface area contributed by atoms with Gasteiger partial charge in [0.15, 0.2) is 5.82 Å². The third-order valence-electron chi connectivity index (χ3n) is 4.58. The lowest BCUT2D eigenvalue weighted by Gasteiger charge is -2.29.